The minimum atomic E-state index is -0.0128. The first-order valence-corrected chi connectivity index (χ1v) is 7.37. The summed E-state index contributed by atoms with van der Waals surface area (Å²) in [5, 5.41) is 0.706. The number of carbonyl (C=O) groups excluding carboxylic acids is 1. The molecule has 3 rings (SSSR count). The molecule has 1 saturated carbocycles. The van der Waals surface area contributed by atoms with Gasteiger partial charge < -0.3 is 10.6 Å². The van der Waals surface area contributed by atoms with Gasteiger partial charge in [-0.15, -0.1) is 0 Å². The number of hydrogen-bond acceptors (Lipinski definition) is 2. The number of nitrogens with two attached hydrogens (primary N) is 1. The molecule has 0 aromatic heterocycles. The lowest BCUT2D eigenvalue weighted by molar-refractivity contribution is -0.133. The van der Waals surface area contributed by atoms with E-state index in [0.29, 0.717) is 17.5 Å². The van der Waals surface area contributed by atoms with Crippen LogP contribution in [0.4, 0.5) is 0 Å². The Hall–Kier alpha value is -1.06. The van der Waals surface area contributed by atoms with Crippen molar-refractivity contribution in [3.8, 4) is 0 Å². The van der Waals surface area contributed by atoms with Crippen LogP contribution in [0.3, 0.4) is 0 Å². The zero-order valence-electron chi connectivity index (χ0n) is 10.9. The van der Waals surface area contributed by atoms with Crippen LogP contribution in [0.25, 0.3) is 0 Å². The maximum Gasteiger partial charge on any atom is 0.223 e. The molecule has 1 heterocycles. The summed E-state index contributed by atoms with van der Waals surface area (Å²) in [6.07, 6.45) is 4.62. The summed E-state index contributed by atoms with van der Waals surface area (Å²) in [7, 11) is 0. The second kappa shape index (κ2) is 5.14. The van der Waals surface area contributed by atoms with Gasteiger partial charge in [0.2, 0.25) is 5.91 Å². The fourth-order valence-electron chi connectivity index (χ4n) is 3.02. The molecule has 2 N–H and O–H groups in total. The fourth-order valence-corrected chi connectivity index (χ4v) is 3.22. The van der Waals surface area contributed by atoms with Crippen molar-refractivity contribution in [2.24, 2.45) is 5.73 Å². The van der Waals surface area contributed by atoms with Crippen LogP contribution in [0.1, 0.15) is 43.7 Å². The highest BCUT2D eigenvalue weighted by Gasteiger charge is 2.41. The van der Waals surface area contributed by atoms with E-state index in [-0.39, 0.29) is 18.0 Å². The van der Waals surface area contributed by atoms with Crippen molar-refractivity contribution in [2.45, 2.75) is 50.2 Å². The molecule has 1 saturated heterocycles. The van der Waals surface area contributed by atoms with E-state index in [1.807, 2.05) is 29.2 Å². The van der Waals surface area contributed by atoms with Crippen molar-refractivity contribution in [2.75, 3.05) is 0 Å². The van der Waals surface area contributed by atoms with Gasteiger partial charge in [-0.3, -0.25) is 4.79 Å². The summed E-state index contributed by atoms with van der Waals surface area (Å²) in [5.41, 5.74) is 7.41. The molecule has 4 heteroatoms. The lowest BCUT2D eigenvalue weighted by Gasteiger charge is -2.34. The molecular weight excluding hydrogens is 260 g/mol. The van der Waals surface area contributed by atoms with Crippen LogP contribution >= 0.6 is 11.6 Å². The minimum Gasteiger partial charge on any atom is -0.331 e. The van der Waals surface area contributed by atoms with Gasteiger partial charge in [0.15, 0.2) is 0 Å². The molecule has 102 valence electrons. The van der Waals surface area contributed by atoms with E-state index >= 15 is 0 Å². The molecule has 2 fully saturated rings. The smallest absolute Gasteiger partial charge is 0.223 e. The number of halogens is 1. The topological polar surface area (TPSA) is 46.3 Å². The van der Waals surface area contributed by atoms with E-state index in [4.69, 9.17) is 17.3 Å². The molecule has 2 aliphatic rings. The van der Waals surface area contributed by atoms with Gasteiger partial charge in [0.1, 0.15) is 0 Å². The Morgan fingerprint density at radius 2 is 2.05 bits per heavy atom. The first-order valence-electron chi connectivity index (χ1n) is 6.99. The third-order valence-electron chi connectivity index (χ3n) is 4.05. The maximum atomic E-state index is 12.3. The lowest BCUT2D eigenvalue weighted by Crippen LogP contribution is -2.43. The molecule has 1 aliphatic carbocycles. The SMILES string of the molecule is NC1CCCC(=O)N(C2CC2)C1c1cccc(Cl)c1. The van der Waals surface area contributed by atoms with E-state index in [9.17, 15) is 4.79 Å². The van der Waals surface area contributed by atoms with Gasteiger partial charge in [-0.2, -0.15) is 0 Å². The molecule has 1 aromatic rings. The van der Waals surface area contributed by atoms with Crippen molar-refractivity contribution in [3.63, 3.8) is 0 Å². The van der Waals surface area contributed by atoms with Crippen LogP contribution in [0.5, 0.6) is 0 Å². The molecular formula is C15H19ClN2O. The second-order valence-electron chi connectivity index (χ2n) is 5.59. The highest BCUT2D eigenvalue weighted by atomic mass is 35.5. The Morgan fingerprint density at radius 3 is 2.74 bits per heavy atom. The van der Waals surface area contributed by atoms with Gasteiger partial charge in [0, 0.05) is 23.5 Å². The van der Waals surface area contributed by atoms with Crippen molar-refractivity contribution in [1.29, 1.82) is 0 Å². The van der Waals surface area contributed by atoms with Gasteiger partial charge in [-0.1, -0.05) is 23.7 Å². The third kappa shape index (κ3) is 2.63. The monoisotopic (exact) mass is 278 g/mol. The number of nitrogens with zero attached hydrogens (tertiary/aromatic N) is 1. The number of amides is 1. The standard InChI is InChI=1S/C15H19ClN2O/c16-11-4-1-3-10(9-11)15-13(17)5-2-6-14(19)18(15)12-7-8-12/h1,3-4,9,12-13,15H,2,5-8,17H2. The Bertz CT molecular complexity index is 487. The van der Waals surface area contributed by atoms with E-state index in [1.165, 1.54) is 0 Å². The number of carbonyl (C=O) groups is 1. The van der Waals surface area contributed by atoms with Crippen LogP contribution in [-0.2, 0) is 4.79 Å². The van der Waals surface area contributed by atoms with E-state index < -0.39 is 0 Å². The van der Waals surface area contributed by atoms with Gasteiger partial charge >= 0.3 is 0 Å². The lowest BCUT2D eigenvalue weighted by atomic mass is 9.96. The summed E-state index contributed by atoms with van der Waals surface area (Å²) < 4.78 is 0. The molecule has 3 nitrogen and oxygen atoms in total. The molecule has 2 atom stereocenters. The molecule has 0 radical (unpaired) electrons. The Morgan fingerprint density at radius 1 is 1.26 bits per heavy atom. The average molecular weight is 279 g/mol. The first-order chi connectivity index (χ1) is 9.16. The summed E-state index contributed by atoms with van der Waals surface area (Å²) in [6.45, 7) is 0. The highest BCUT2D eigenvalue weighted by molar-refractivity contribution is 6.30. The van der Waals surface area contributed by atoms with Crippen LogP contribution < -0.4 is 5.73 Å². The summed E-state index contributed by atoms with van der Waals surface area (Å²) in [4.78, 5) is 14.4. The fraction of sp³-hybridized carbons (Fsp3) is 0.533. The maximum absolute atomic E-state index is 12.3. The van der Waals surface area contributed by atoms with E-state index in [0.717, 1.165) is 31.2 Å². The van der Waals surface area contributed by atoms with Crippen LogP contribution in [0.15, 0.2) is 24.3 Å². The molecule has 1 aliphatic heterocycles. The van der Waals surface area contributed by atoms with E-state index in [1.54, 1.807) is 0 Å². The van der Waals surface area contributed by atoms with Crippen LogP contribution in [-0.4, -0.2) is 22.9 Å². The quantitative estimate of drug-likeness (QED) is 0.904. The van der Waals surface area contributed by atoms with Crippen molar-refractivity contribution < 1.29 is 4.79 Å². The number of hydrogen-bond donors (Lipinski definition) is 1. The highest BCUT2D eigenvalue weighted by Crippen LogP contribution is 2.39. The minimum absolute atomic E-state index is 0.00511. The zero-order valence-corrected chi connectivity index (χ0v) is 11.6. The van der Waals surface area contributed by atoms with Crippen LogP contribution in [0.2, 0.25) is 5.02 Å². The zero-order chi connectivity index (χ0) is 13.4. The summed E-state index contributed by atoms with van der Waals surface area (Å²) in [5.74, 6) is 0.250. The Labute approximate surface area is 118 Å². The normalized spacial score (nSPS) is 28.3. The summed E-state index contributed by atoms with van der Waals surface area (Å²) >= 11 is 6.09. The van der Waals surface area contributed by atoms with Crippen molar-refractivity contribution in [1.82, 2.24) is 4.90 Å². The Balaban J connectivity index is 1.99. The molecule has 19 heavy (non-hydrogen) atoms. The molecule has 0 spiro atoms. The summed E-state index contributed by atoms with van der Waals surface area (Å²) in [6, 6.07) is 8.15. The van der Waals surface area contributed by atoms with Crippen molar-refractivity contribution >= 4 is 17.5 Å². The third-order valence-corrected chi connectivity index (χ3v) is 4.29. The largest absolute Gasteiger partial charge is 0.331 e. The van der Waals surface area contributed by atoms with E-state index in [2.05, 4.69) is 0 Å². The number of likely N-dealkylation sites (tertiary alicyclic amines) is 1. The van der Waals surface area contributed by atoms with Gasteiger partial charge in [-0.05, 0) is 43.4 Å². The number of rotatable bonds is 2. The van der Waals surface area contributed by atoms with Crippen LogP contribution in [0, 0.1) is 0 Å². The van der Waals surface area contributed by atoms with Crippen molar-refractivity contribution in [3.05, 3.63) is 34.9 Å². The average Bonchev–Trinajstić information content (AvgIpc) is 3.18. The number of benzene rings is 1. The Kier molecular flexibility index (Phi) is 3.50. The molecule has 1 aromatic carbocycles. The predicted octanol–water partition coefficient (Wildman–Crippen LogP) is 2.88. The second-order valence-corrected chi connectivity index (χ2v) is 6.02. The van der Waals surface area contributed by atoms with Gasteiger partial charge in [0.05, 0.1) is 6.04 Å². The molecule has 0 bridgehead atoms. The predicted molar refractivity (Wildman–Crippen MR) is 75.9 cm³/mol. The van der Waals surface area contributed by atoms with Gasteiger partial charge in [-0.25, -0.2) is 0 Å². The first kappa shape index (κ1) is 12.9. The molecule has 1 amide bonds. The van der Waals surface area contributed by atoms with Gasteiger partial charge in [0.25, 0.3) is 0 Å². The molecule has 2 unspecified atom stereocenters.